The molecule has 1 aromatic rings. The van der Waals surface area contributed by atoms with Crippen LogP contribution in [0.4, 0.5) is 0 Å². The van der Waals surface area contributed by atoms with E-state index in [0.29, 0.717) is 18.6 Å². The highest BCUT2D eigenvalue weighted by Gasteiger charge is 2.23. The highest BCUT2D eigenvalue weighted by Crippen LogP contribution is 2.25. The molecule has 0 aromatic carbocycles. The number of aliphatic hydroxyl groups is 1. The van der Waals surface area contributed by atoms with E-state index in [1.807, 2.05) is 11.3 Å². The van der Waals surface area contributed by atoms with Crippen molar-refractivity contribution in [2.45, 2.75) is 51.6 Å². The molecule has 0 aliphatic heterocycles. The summed E-state index contributed by atoms with van der Waals surface area (Å²) in [6.07, 6.45) is 6.12. The molecule has 1 saturated carbocycles. The predicted molar refractivity (Wildman–Crippen MR) is 73.4 cm³/mol. The number of hydrogen-bond donors (Lipinski definition) is 2. The zero-order valence-electron chi connectivity index (χ0n) is 10.6. The molecule has 0 spiro atoms. The Morgan fingerprint density at radius 3 is 2.76 bits per heavy atom. The molecule has 1 aromatic heterocycles. The van der Waals surface area contributed by atoms with Crippen molar-refractivity contribution in [3.05, 3.63) is 21.9 Å². The lowest BCUT2D eigenvalue weighted by Crippen LogP contribution is -2.39. The van der Waals surface area contributed by atoms with Gasteiger partial charge in [0.05, 0.1) is 0 Å². The molecule has 2 N–H and O–H groups in total. The highest BCUT2D eigenvalue weighted by atomic mass is 32.1. The molecule has 1 aliphatic rings. The Labute approximate surface area is 108 Å². The van der Waals surface area contributed by atoms with E-state index in [4.69, 9.17) is 0 Å². The second-order valence-electron chi connectivity index (χ2n) is 4.94. The van der Waals surface area contributed by atoms with E-state index in [9.17, 15) is 5.11 Å². The Morgan fingerprint density at radius 2 is 2.06 bits per heavy atom. The Balaban J connectivity index is 1.83. The Bertz CT molecular complexity index is 337. The molecule has 0 saturated heterocycles. The van der Waals surface area contributed by atoms with Crippen molar-refractivity contribution < 1.29 is 5.11 Å². The maximum atomic E-state index is 9.36. The summed E-state index contributed by atoms with van der Waals surface area (Å²) in [7, 11) is 0. The van der Waals surface area contributed by atoms with Crippen LogP contribution in [0.5, 0.6) is 0 Å². The highest BCUT2D eigenvalue weighted by molar-refractivity contribution is 7.11. The summed E-state index contributed by atoms with van der Waals surface area (Å²) in [5, 5.41) is 13.0. The van der Waals surface area contributed by atoms with Gasteiger partial charge in [-0.25, -0.2) is 0 Å². The summed E-state index contributed by atoms with van der Waals surface area (Å²) < 4.78 is 0. The number of nitrogens with one attached hydrogen (secondary N) is 1. The van der Waals surface area contributed by atoms with E-state index in [1.165, 1.54) is 35.4 Å². The van der Waals surface area contributed by atoms with Crippen LogP contribution in [0.2, 0.25) is 0 Å². The molecular formula is C14H23NOS. The van der Waals surface area contributed by atoms with E-state index in [-0.39, 0.29) is 0 Å². The van der Waals surface area contributed by atoms with Crippen LogP contribution >= 0.6 is 11.3 Å². The lowest BCUT2D eigenvalue weighted by Gasteiger charge is -2.30. The fourth-order valence-corrected chi connectivity index (χ4v) is 3.54. The molecule has 0 bridgehead atoms. The predicted octanol–water partition coefficient (Wildman–Crippen LogP) is 2.95. The van der Waals surface area contributed by atoms with Gasteiger partial charge < -0.3 is 10.4 Å². The third kappa shape index (κ3) is 3.54. The van der Waals surface area contributed by atoms with Gasteiger partial charge in [0.15, 0.2) is 0 Å². The average molecular weight is 253 g/mol. The summed E-state index contributed by atoms with van der Waals surface area (Å²) >= 11 is 1.91. The molecule has 3 heteroatoms. The fourth-order valence-electron chi connectivity index (χ4n) is 2.63. The summed E-state index contributed by atoms with van der Waals surface area (Å²) in [5.74, 6) is 0.467. The minimum atomic E-state index is 0.336. The third-order valence-electron chi connectivity index (χ3n) is 3.75. The minimum absolute atomic E-state index is 0.336. The first-order chi connectivity index (χ1) is 8.33. The summed E-state index contributed by atoms with van der Waals surface area (Å²) in [4.78, 5) is 2.88. The molecule has 2 atom stereocenters. The van der Waals surface area contributed by atoms with E-state index in [1.54, 1.807) is 0 Å². The monoisotopic (exact) mass is 253 g/mol. The largest absolute Gasteiger partial charge is 0.396 e. The van der Waals surface area contributed by atoms with Crippen molar-refractivity contribution in [2.24, 2.45) is 5.92 Å². The van der Waals surface area contributed by atoms with Crippen LogP contribution in [0.25, 0.3) is 0 Å². The van der Waals surface area contributed by atoms with E-state index < -0.39 is 0 Å². The third-order valence-corrected chi connectivity index (χ3v) is 4.98. The molecule has 1 aliphatic carbocycles. The zero-order chi connectivity index (χ0) is 12.1. The second kappa shape index (κ2) is 6.53. The van der Waals surface area contributed by atoms with Crippen LogP contribution in [0.15, 0.2) is 12.1 Å². The first-order valence-corrected chi connectivity index (χ1v) is 7.57. The molecule has 2 rings (SSSR count). The lowest BCUT2D eigenvalue weighted by molar-refractivity contribution is 0.152. The first kappa shape index (κ1) is 13.1. The van der Waals surface area contributed by atoms with Crippen LogP contribution in [-0.4, -0.2) is 17.8 Å². The van der Waals surface area contributed by atoms with E-state index in [2.05, 4.69) is 24.4 Å². The fraction of sp³-hybridized carbons (Fsp3) is 0.714. The standard InChI is InChI=1S/C14H23NOS/c1-2-12-7-8-13(17-12)9-15-14-6-4-3-5-11(14)10-16/h7-8,11,14-16H,2-6,9-10H2,1H3. The van der Waals surface area contributed by atoms with E-state index >= 15 is 0 Å². The van der Waals surface area contributed by atoms with Crippen molar-refractivity contribution in [2.75, 3.05) is 6.61 Å². The molecule has 1 heterocycles. The number of thiophene rings is 1. The molecule has 1 fully saturated rings. The molecule has 2 unspecified atom stereocenters. The number of hydrogen-bond acceptors (Lipinski definition) is 3. The normalized spacial score (nSPS) is 25.1. The van der Waals surface area contributed by atoms with Gasteiger partial charge in [0.25, 0.3) is 0 Å². The van der Waals surface area contributed by atoms with Crippen LogP contribution in [0, 0.1) is 5.92 Å². The van der Waals surface area contributed by atoms with Gasteiger partial charge in [0.1, 0.15) is 0 Å². The van der Waals surface area contributed by atoms with Crippen molar-refractivity contribution in [3.8, 4) is 0 Å². The van der Waals surface area contributed by atoms with Gasteiger partial charge in [-0.3, -0.25) is 0 Å². The van der Waals surface area contributed by atoms with Crippen LogP contribution < -0.4 is 5.32 Å². The summed E-state index contributed by atoms with van der Waals surface area (Å²) in [6, 6.07) is 4.97. The van der Waals surface area contributed by atoms with Crippen molar-refractivity contribution in [1.29, 1.82) is 0 Å². The maximum Gasteiger partial charge on any atom is 0.0474 e. The van der Waals surface area contributed by atoms with Gasteiger partial charge in [0.2, 0.25) is 0 Å². The maximum absolute atomic E-state index is 9.36. The van der Waals surface area contributed by atoms with E-state index in [0.717, 1.165) is 13.0 Å². The van der Waals surface area contributed by atoms with Gasteiger partial charge >= 0.3 is 0 Å². The van der Waals surface area contributed by atoms with Crippen LogP contribution in [-0.2, 0) is 13.0 Å². The molecule has 96 valence electrons. The topological polar surface area (TPSA) is 32.3 Å². The average Bonchev–Trinajstić information content (AvgIpc) is 2.84. The number of rotatable bonds is 5. The van der Waals surface area contributed by atoms with Crippen LogP contribution in [0.3, 0.4) is 0 Å². The molecule has 0 radical (unpaired) electrons. The van der Waals surface area contributed by atoms with Gasteiger partial charge in [0, 0.05) is 28.9 Å². The molecule has 0 amide bonds. The molecular weight excluding hydrogens is 230 g/mol. The summed E-state index contributed by atoms with van der Waals surface area (Å²) in [6.45, 7) is 3.50. The number of aryl methyl sites for hydroxylation is 1. The Morgan fingerprint density at radius 1 is 1.29 bits per heavy atom. The van der Waals surface area contributed by atoms with Crippen molar-refractivity contribution in [3.63, 3.8) is 0 Å². The summed E-state index contributed by atoms with van der Waals surface area (Å²) in [5.41, 5.74) is 0. The quantitative estimate of drug-likeness (QED) is 0.845. The lowest BCUT2D eigenvalue weighted by atomic mass is 9.85. The molecule has 17 heavy (non-hydrogen) atoms. The number of aliphatic hydroxyl groups excluding tert-OH is 1. The Kier molecular flexibility index (Phi) is 5.01. The van der Waals surface area contributed by atoms with Crippen molar-refractivity contribution >= 4 is 11.3 Å². The van der Waals surface area contributed by atoms with Gasteiger partial charge in [-0.15, -0.1) is 11.3 Å². The Hall–Kier alpha value is -0.380. The van der Waals surface area contributed by atoms with Gasteiger partial charge in [-0.2, -0.15) is 0 Å². The minimum Gasteiger partial charge on any atom is -0.396 e. The SMILES string of the molecule is CCc1ccc(CNC2CCCCC2CO)s1. The van der Waals surface area contributed by atoms with Crippen molar-refractivity contribution in [1.82, 2.24) is 5.32 Å². The zero-order valence-corrected chi connectivity index (χ0v) is 11.4. The van der Waals surface area contributed by atoms with Gasteiger partial charge in [-0.1, -0.05) is 19.8 Å². The van der Waals surface area contributed by atoms with Gasteiger partial charge in [-0.05, 0) is 37.3 Å². The van der Waals surface area contributed by atoms with Crippen LogP contribution in [0.1, 0.15) is 42.4 Å². The molecule has 2 nitrogen and oxygen atoms in total. The second-order valence-corrected chi connectivity index (χ2v) is 6.19. The first-order valence-electron chi connectivity index (χ1n) is 6.75. The smallest absolute Gasteiger partial charge is 0.0474 e.